The molecule has 6 nitrogen and oxygen atoms in total. The van der Waals surface area contributed by atoms with Gasteiger partial charge in [0.15, 0.2) is 0 Å². The summed E-state index contributed by atoms with van der Waals surface area (Å²) in [7, 11) is 0. The van der Waals surface area contributed by atoms with Gasteiger partial charge in [-0.25, -0.2) is 4.98 Å². The lowest BCUT2D eigenvalue weighted by molar-refractivity contribution is 0.0846. The average Bonchev–Trinajstić information content (AvgIpc) is 2.96. The number of carbonyl (C=O) groups is 2. The van der Waals surface area contributed by atoms with Crippen molar-refractivity contribution in [3.63, 3.8) is 0 Å². The Morgan fingerprint density at radius 3 is 2.74 bits per heavy atom. The van der Waals surface area contributed by atoms with Crippen LogP contribution in [0.1, 0.15) is 49.6 Å². The van der Waals surface area contributed by atoms with E-state index < -0.39 is 5.91 Å². The van der Waals surface area contributed by atoms with E-state index in [9.17, 15) is 9.59 Å². The smallest absolute Gasteiger partial charge is 0.266 e. The molecule has 1 aliphatic rings. The highest BCUT2D eigenvalue weighted by Gasteiger charge is 2.21. The van der Waals surface area contributed by atoms with Gasteiger partial charge in [-0.15, -0.1) is 11.3 Å². The lowest BCUT2D eigenvalue weighted by Gasteiger charge is -2.16. The van der Waals surface area contributed by atoms with Crippen LogP contribution in [0.15, 0.2) is 18.5 Å². The molecule has 2 aromatic rings. The molecule has 2 N–H and O–H groups in total. The van der Waals surface area contributed by atoms with E-state index in [1.165, 1.54) is 34.2 Å². The van der Waals surface area contributed by atoms with Gasteiger partial charge < -0.3 is 0 Å². The molecule has 0 fully saturated rings. The fourth-order valence-electron chi connectivity index (χ4n) is 2.57. The van der Waals surface area contributed by atoms with Crippen molar-refractivity contribution < 1.29 is 9.59 Å². The normalized spacial score (nSPS) is 16.5. The average molecular weight is 330 g/mol. The van der Waals surface area contributed by atoms with Gasteiger partial charge >= 0.3 is 0 Å². The van der Waals surface area contributed by atoms with Crippen molar-refractivity contribution in [1.29, 1.82) is 0 Å². The molecule has 0 saturated carbocycles. The first kappa shape index (κ1) is 15.6. The molecule has 0 bridgehead atoms. The maximum Gasteiger partial charge on any atom is 0.289 e. The highest BCUT2D eigenvalue weighted by atomic mass is 32.1. The summed E-state index contributed by atoms with van der Waals surface area (Å²) in [6.45, 7) is 4.01. The number of aryl methyl sites for hydroxylation is 2. The number of nitrogens with one attached hydrogen (secondary N) is 2. The predicted octanol–water partition coefficient (Wildman–Crippen LogP) is 2.05. The third kappa shape index (κ3) is 3.56. The number of hydrazine groups is 1. The van der Waals surface area contributed by atoms with E-state index in [1.807, 2.05) is 6.07 Å². The number of rotatable bonds is 2. The van der Waals surface area contributed by atoms with Gasteiger partial charge in [0.05, 0.1) is 16.8 Å². The van der Waals surface area contributed by atoms with Gasteiger partial charge in [0.2, 0.25) is 0 Å². The molecule has 0 spiro atoms. The quantitative estimate of drug-likeness (QED) is 0.826. The second-order valence-corrected chi connectivity index (χ2v) is 7.00. The Morgan fingerprint density at radius 2 is 2.00 bits per heavy atom. The summed E-state index contributed by atoms with van der Waals surface area (Å²) in [5.74, 6) is -0.126. The van der Waals surface area contributed by atoms with E-state index in [1.54, 1.807) is 6.92 Å². The number of hydrogen-bond donors (Lipinski definition) is 2. The largest absolute Gasteiger partial charge is 0.289 e. The molecule has 1 aliphatic carbocycles. The number of thiophene rings is 1. The first-order chi connectivity index (χ1) is 11.0. The van der Waals surface area contributed by atoms with Crippen molar-refractivity contribution in [2.75, 3.05) is 0 Å². The van der Waals surface area contributed by atoms with Crippen LogP contribution in [0.3, 0.4) is 0 Å². The Balaban J connectivity index is 1.61. The van der Waals surface area contributed by atoms with Crippen molar-refractivity contribution in [2.24, 2.45) is 5.92 Å². The lowest BCUT2D eigenvalue weighted by atomic mass is 9.90. The van der Waals surface area contributed by atoms with Crippen LogP contribution in [0.25, 0.3) is 0 Å². The summed E-state index contributed by atoms with van der Waals surface area (Å²) in [6, 6.07) is 1.93. The lowest BCUT2D eigenvalue weighted by Crippen LogP contribution is -2.41. The Hall–Kier alpha value is -2.28. The van der Waals surface area contributed by atoms with E-state index in [0.29, 0.717) is 10.8 Å². The second kappa shape index (κ2) is 6.45. The predicted molar refractivity (Wildman–Crippen MR) is 87.2 cm³/mol. The van der Waals surface area contributed by atoms with Crippen LogP contribution in [-0.4, -0.2) is 21.8 Å². The van der Waals surface area contributed by atoms with Crippen LogP contribution in [0.4, 0.5) is 0 Å². The van der Waals surface area contributed by atoms with Crippen LogP contribution in [-0.2, 0) is 12.8 Å². The monoisotopic (exact) mass is 330 g/mol. The van der Waals surface area contributed by atoms with Gasteiger partial charge in [0.25, 0.3) is 11.8 Å². The molecule has 120 valence electrons. The summed E-state index contributed by atoms with van der Waals surface area (Å²) in [4.78, 5) is 34.0. The summed E-state index contributed by atoms with van der Waals surface area (Å²) in [5.41, 5.74) is 6.95. The Labute approximate surface area is 138 Å². The summed E-state index contributed by atoms with van der Waals surface area (Å²) in [5, 5.41) is 0. The van der Waals surface area contributed by atoms with Crippen molar-refractivity contribution in [1.82, 2.24) is 20.8 Å². The van der Waals surface area contributed by atoms with Gasteiger partial charge in [0, 0.05) is 11.1 Å². The maximum atomic E-state index is 12.2. The molecule has 2 aromatic heterocycles. The zero-order valence-corrected chi connectivity index (χ0v) is 13.9. The van der Waals surface area contributed by atoms with E-state index in [-0.39, 0.29) is 11.6 Å². The first-order valence-electron chi connectivity index (χ1n) is 7.54. The van der Waals surface area contributed by atoms with Crippen LogP contribution in [0, 0.1) is 12.8 Å². The minimum Gasteiger partial charge on any atom is -0.266 e. The molecule has 7 heteroatoms. The van der Waals surface area contributed by atoms with Crippen molar-refractivity contribution in [2.45, 2.75) is 33.1 Å². The molecule has 3 rings (SSSR count). The number of fused-ring (bicyclic) bond motifs is 1. The third-order valence-electron chi connectivity index (χ3n) is 3.86. The van der Waals surface area contributed by atoms with Crippen molar-refractivity contribution in [3.05, 3.63) is 45.2 Å². The topological polar surface area (TPSA) is 84.0 Å². The number of nitrogens with zero attached hydrogens (tertiary/aromatic N) is 2. The van der Waals surface area contributed by atoms with Gasteiger partial charge in [-0.3, -0.25) is 25.4 Å². The van der Waals surface area contributed by atoms with Crippen LogP contribution in [0.5, 0.6) is 0 Å². The zero-order valence-electron chi connectivity index (χ0n) is 13.0. The molecular formula is C16H18N4O2S. The number of hydrogen-bond acceptors (Lipinski definition) is 5. The molecule has 0 radical (unpaired) electrons. The minimum absolute atomic E-state index is 0.162. The molecule has 0 aromatic carbocycles. The molecule has 1 unspecified atom stereocenters. The van der Waals surface area contributed by atoms with Crippen LogP contribution in [0.2, 0.25) is 0 Å². The van der Waals surface area contributed by atoms with Gasteiger partial charge in [-0.1, -0.05) is 6.92 Å². The van der Waals surface area contributed by atoms with Gasteiger partial charge in [-0.2, -0.15) is 0 Å². The molecule has 2 amide bonds. The van der Waals surface area contributed by atoms with Crippen molar-refractivity contribution in [3.8, 4) is 0 Å². The highest BCUT2D eigenvalue weighted by molar-refractivity contribution is 7.14. The summed E-state index contributed by atoms with van der Waals surface area (Å²) < 4.78 is 0. The molecule has 0 saturated heterocycles. The van der Waals surface area contributed by atoms with E-state index in [4.69, 9.17) is 0 Å². The fraction of sp³-hybridized carbons (Fsp3) is 0.375. The number of amides is 2. The molecule has 2 heterocycles. The zero-order chi connectivity index (χ0) is 16.4. The molecule has 23 heavy (non-hydrogen) atoms. The molecule has 1 atom stereocenters. The standard InChI is InChI=1S/C16H18N4O2S/c1-9-3-4-13-11(5-9)6-14(23-13)16(22)20-19-15(21)12-8-17-10(2)7-18-12/h6-9H,3-5H2,1-2H3,(H,19,21)(H,20,22). The summed E-state index contributed by atoms with van der Waals surface area (Å²) >= 11 is 1.50. The second-order valence-electron chi connectivity index (χ2n) is 5.86. The van der Waals surface area contributed by atoms with Gasteiger partial charge in [0.1, 0.15) is 5.69 Å². The maximum absolute atomic E-state index is 12.2. The first-order valence-corrected chi connectivity index (χ1v) is 8.35. The van der Waals surface area contributed by atoms with E-state index in [0.717, 1.165) is 25.0 Å². The Morgan fingerprint density at radius 1 is 1.22 bits per heavy atom. The van der Waals surface area contributed by atoms with Crippen molar-refractivity contribution >= 4 is 23.2 Å². The molecule has 0 aliphatic heterocycles. The van der Waals surface area contributed by atoms with Crippen LogP contribution < -0.4 is 10.9 Å². The van der Waals surface area contributed by atoms with E-state index >= 15 is 0 Å². The Kier molecular flexibility index (Phi) is 4.38. The van der Waals surface area contributed by atoms with Crippen LogP contribution >= 0.6 is 11.3 Å². The van der Waals surface area contributed by atoms with Gasteiger partial charge in [-0.05, 0) is 43.7 Å². The SMILES string of the molecule is Cc1cnc(C(=O)NNC(=O)c2cc3c(s2)CCC(C)C3)cn1. The molecular weight excluding hydrogens is 312 g/mol. The highest BCUT2D eigenvalue weighted by Crippen LogP contribution is 2.32. The van der Waals surface area contributed by atoms with E-state index in [2.05, 4.69) is 27.7 Å². The summed E-state index contributed by atoms with van der Waals surface area (Å²) in [6.07, 6.45) is 6.09. The fourth-order valence-corrected chi connectivity index (χ4v) is 3.67. The number of carbonyl (C=O) groups excluding carboxylic acids is 2. The third-order valence-corrected chi connectivity index (χ3v) is 5.09. The minimum atomic E-state index is -0.485. The number of aromatic nitrogens is 2. The Bertz CT molecular complexity index is 739.